The Bertz CT molecular complexity index is 865. The summed E-state index contributed by atoms with van der Waals surface area (Å²) in [7, 11) is 0. The van der Waals surface area contributed by atoms with Gasteiger partial charge in [-0.25, -0.2) is 0 Å². The molecule has 0 amide bonds. The van der Waals surface area contributed by atoms with Crippen molar-refractivity contribution in [1.82, 2.24) is 14.8 Å². The monoisotopic (exact) mass is 375 g/mol. The Morgan fingerprint density at radius 2 is 1.59 bits per heavy atom. The third-order valence-electron chi connectivity index (χ3n) is 5.05. The van der Waals surface area contributed by atoms with Crippen molar-refractivity contribution in [2.24, 2.45) is 0 Å². The quantitative estimate of drug-likeness (QED) is 0.477. The third kappa shape index (κ3) is 4.51. The van der Waals surface area contributed by atoms with Crippen molar-refractivity contribution in [2.45, 2.75) is 43.3 Å². The zero-order chi connectivity index (χ0) is 18.3. The van der Waals surface area contributed by atoms with E-state index in [2.05, 4.69) is 81.5 Å². The summed E-state index contributed by atoms with van der Waals surface area (Å²) in [5.74, 6) is 1.91. The standard InChI is InChI=1S/C23H25N3S/c1-4-11-19(12-5-1)13-10-18-27-23-25-24-22(20-14-6-2-7-15-20)26(23)21-16-8-3-9-17-21/h1-2,4-7,10-15,21H,3,8-9,16-18H2/b13-10+. The molecule has 1 aromatic heterocycles. The van der Waals surface area contributed by atoms with E-state index in [0.29, 0.717) is 6.04 Å². The van der Waals surface area contributed by atoms with E-state index in [1.54, 1.807) is 11.8 Å². The van der Waals surface area contributed by atoms with Gasteiger partial charge >= 0.3 is 0 Å². The van der Waals surface area contributed by atoms with E-state index in [4.69, 9.17) is 0 Å². The zero-order valence-electron chi connectivity index (χ0n) is 15.5. The molecule has 4 heteroatoms. The van der Waals surface area contributed by atoms with E-state index in [0.717, 1.165) is 22.3 Å². The molecule has 3 aromatic rings. The number of nitrogens with zero attached hydrogens (tertiary/aromatic N) is 3. The van der Waals surface area contributed by atoms with Gasteiger partial charge in [0.15, 0.2) is 11.0 Å². The van der Waals surface area contributed by atoms with Gasteiger partial charge in [0.25, 0.3) is 0 Å². The molecule has 0 radical (unpaired) electrons. The largest absolute Gasteiger partial charge is 0.299 e. The molecule has 1 aliphatic carbocycles. The normalized spacial score (nSPS) is 15.4. The van der Waals surface area contributed by atoms with Crippen LogP contribution in [0.3, 0.4) is 0 Å². The predicted octanol–water partition coefficient (Wildman–Crippen LogP) is 6.26. The fourth-order valence-corrected chi connectivity index (χ4v) is 4.51. The van der Waals surface area contributed by atoms with Crippen LogP contribution in [0.25, 0.3) is 17.5 Å². The van der Waals surface area contributed by atoms with Gasteiger partial charge in [0.1, 0.15) is 0 Å². The van der Waals surface area contributed by atoms with Crippen molar-refractivity contribution in [3.63, 3.8) is 0 Å². The first-order chi connectivity index (χ1) is 13.4. The average Bonchev–Trinajstić information content (AvgIpc) is 3.17. The van der Waals surface area contributed by atoms with Crippen LogP contribution in [0.4, 0.5) is 0 Å². The van der Waals surface area contributed by atoms with E-state index in [1.165, 1.54) is 37.7 Å². The molecule has 1 saturated carbocycles. The van der Waals surface area contributed by atoms with Crippen LogP contribution < -0.4 is 0 Å². The van der Waals surface area contributed by atoms with Gasteiger partial charge in [0.05, 0.1) is 0 Å². The van der Waals surface area contributed by atoms with Gasteiger partial charge in [-0.1, -0.05) is 104 Å². The highest BCUT2D eigenvalue weighted by Gasteiger charge is 2.23. The summed E-state index contributed by atoms with van der Waals surface area (Å²) in [6.45, 7) is 0. The molecule has 3 nitrogen and oxygen atoms in total. The van der Waals surface area contributed by atoms with Crippen LogP contribution in [0.5, 0.6) is 0 Å². The Morgan fingerprint density at radius 3 is 2.33 bits per heavy atom. The van der Waals surface area contributed by atoms with Gasteiger partial charge in [-0.2, -0.15) is 0 Å². The van der Waals surface area contributed by atoms with Crippen molar-refractivity contribution in [3.8, 4) is 11.4 Å². The fourth-order valence-electron chi connectivity index (χ4n) is 3.70. The minimum atomic E-state index is 0.518. The second-order valence-electron chi connectivity index (χ2n) is 6.96. The molecule has 0 spiro atoms. The maximum atomic E-state index is 4.57. The summed E-state index contributed by atoms with van der Waals surface area (Å²) in [4.78, 5) is 0. The smallest absolute Gasteiger partial charge is 0.192 e. The average molecular weight is 376 g/mol. The van der Waals surface area contributed by atoms with Crippen LogP contribution in [-0.2, 0) is 0 Å². The minimum absolute atomic E-state index is 0.518. The highest BCUT2D eigenvalue weighted by molar-refractivity contribution is 7.99. The molecule has 1 aliphatic rings. The number of aromatic nitrogens is 3. The molecule has 4 rings (SSSR count). The lowest BCUT2D eigenvalue weighted by Gasteiger charge is -2.25. The molecular weight excluding hydrogens is 350 g/mol. The Hall–Kier alpha value is -2.33. The van der Waals surface area contributed by atoms with E-state index in [9.17, 15) is 0 Å². The van der Waals surface area contributed by atoms with Crippen molar-refractivity contribution in [3.05, 3.63) is 72.3 Å². The number of hydrogen-bond acceptors (Lipinski definition) is 3. The molecular formula is C23H25N3S. The second kappa shape index (κ2) is 9.05. The van der Waals surface area contributed by atoms with Crippen LogP contribution in [0.2, 0.25) is 0 Å². The SMILES string of the molecule is C(=C\c1ccccc1)/CSc1nnc(-c2ccccc2)n1C1CCCCC1. The maximum absolute atomic E-state index is 4.57. The van der Waals surface area contributed by atoms with Gasteiger partial charge < -0.3 is 0 Å². The van der Waals surface area contributed by atoms with Gasteiger partial charge in [0.2, 0.25) is 0 Å². The van der Waals surface area contributed by atoms with Crippen LogP contribution in [-0.4, -0.2) is 20.5 Å². The highest BCUT2D eigenvalue weighted by atomic mass is 32.2. The first-order valence-electron chi connectivity index (χ1n) is 9.76. The van der Waals surface area contributed by atoms with Crippen LogP contribution in [0.15, 0.2) is 71.9 Å². The molecule has 1 heterocycles. The zero-order valence-corrected chi connectivity index (χ0v) is 16.3. The lowest BCUT2D eigenvalue weighted by Crippen LogP contribution is -2.15. The molecule has 1 fully saturated rings. The number of benzene rings is 2. The summed E-state index contributed by atoms with van der Waals surface area (Å²) in [6, 6.07) is 21.4. The molecule has 138 valence electrons. The molecule has 0 saturated heterocycles. The Balaban J connectivity index is 1.54. The third-order valence-corrected chi connectivity index (χ3v) is 5.95. The lowest BCUT2D eigenvalue weighted by molar-refractivity contribution is 0.339. The summed E-state index contributed by atoms with van der Waals surface area (Å²) < 4.78 is 2.40. The summed E-state index contributed by atoms with van der Waals surface area (Å²) in [6.07, 6.45) is 10.8. The predicted molar refractivity (Wildman–Crippen MR) is 114 cm³/mol. The van der Waals surface area contributed by atoms with E-state index in [-0.39, 0.29) is 0 Å². The summed E-state index contributed by atoms with van der Waals surface area (Å²) in [5.41, 5.74) is 2.39. The summed E-state index contributed by atoms with van der Waals surface area (Å²) >= 11 is 1.78. The number of thioether (sulfide) groups is 1. The van der Waals surface area contributed by atoms with Gasteiger partial charge in [-0.05, 0) is 18.4 Å². The lowest BCUT2D eigenvalue weighted by atomic mass is 9.95. The Labute approximate surface area is 165 Å². The maximum Gasteiger partial charge on any atom is 0.192 e. The van der Waals surface area contributed by atoms with Gasteiger partial charge in [-0.3, -0.25) is 4.57 Å². The van der Waals surface area contributed by atoms with Crippen molar-refractivity contribution in [2.75, 3.05) is 5.75 Å². The van der Waals surface area contributed by atoms with Crippen molar-refractivity contribution in [1.29, 1.82) is 0 Å². The Morgan fingerprint density at radius 1 is 0.889 bits per heavy atom. The molecule has 0 N–H and O–H groups in total. The molecule has 0 bridgehead atoms. The Kier molecular flexibility index (Phi) is 6.05. The van der Waals surface area contributed by atoms with Gasteiger partial charge in [-0.15, -0.1) is 10.2 Å². The number of hydrogen-bond donors (Lipinski definition) is 0. The van der Waals surface area contributed by atoms with Gasteiger partial charge in [0, 0.05) is 17.4 Å². The van der Waals surface area contributed by atoms with Crippen molar-refractivity contribution >= 4 is 17.8 Å². The first-order valence-corrected chi connectivity index (χ1v) is 10.7. The molecule has 27 heavy (non-hydrogen) atoms. The summed E-state index contributed by atoms with van der Waals surface area (Å²) in [5, 5.41) is 10.2. The molecule has 2 aromatic carbocycles. The van der Waals surface area contributed by atoms with E-state index < -0.39 is 0 Å². The topological polar surface area (TPSA) is 30.7 Å². The van der Waals surface area contributed by atoms with Crippen LogP contribution >= 0.6 is 11.8 Å². The van der Waals surface area contributed by atoms with E-state index in [1.807, 2.05) is 6.07 Å². The fraction of sp³-hybridized carbons (Fsp3) is 0.304. The van der Waals surface area contributed by atoms with Crippen molar-refractivity contribution < 1.29 is 0 Å². The molecule has 0 atom stereocenters. The molecule has 0 unspecified atom stereocenters. The highest BCUT2D eigenvalue weighted by Crippen LogP contribution is 2.35. The first kappa shape index (κ1) is 18.1. The molecule has 0 aliphatic heterocycles. The van der Waals surface area contributed by atoms with Crippen LogP contribution in [0.1, 0.15) is 43.7 Å². The van der Waals surface area contributed by atoms with Crippen LogP contribution in [0, 0.1) is 0 Å². The van der Waals surface area contributed by atoms with E-state index >= 15 is 0 Å². The number of rotatable bonds is 6. The minimum Gasteiger partial charge on any atom is -0.299 e. The second-order valence-corrected chi connectivity index (χ2v) is 7.95.